The molecule has 450 valence electrons. The Balaban J connectivity index is 0.000000353. The summed E-state index contributed by atoms with van der Waals surface area (Å²) in [6.45, 7) is 34.4. The quantitative estimate of drug-likeness (QED) is 0.0219. The number of benzene rings is 4. The number of carbonyl (C=O) groups is 2. The van der Waals surface area contributed by atoms with Crippen LogP contribution in [0.25, 0.3) is 16.7 Å². The van der Waals surface area contributed by atoms with E-state index in [1.54, 1.807) is 68.6 Å². The van der Waals surface area contributed by atoms with E-state index in [9.17, 15) is 28.3 Å². The number of fused-ring (bicyclic) bond motifs is 1. The molecule has 82 heavy (non-hydrogen) atoms. The summed E-state index contributed by atoms with van der Waals surface area (Å²) in [4.78, 5) is 44.4. The maximum Gasteiger partial charge on any atom is 0.343 e. The third-order valence-electron chi connectivity index (χ3n) is 15.5. The van der Waals surface area contributed by atoms with Crippen molar-refractivity contribution in [1.82, 2.24) is 4.57 Å². The van der Waals surface area contributed by atoms with Crippen molar-refractivity contribution in [1.29, 1.82) is 0 Å². The Hall–Kier alpha value is -5.57. The van der Waals surface area contributed by atoms with Gasteiger partial charge < -0.3 is 42.2 Å². The SMILES string of the molecule is CCOC(=O)C(C=N[C@H](CO[Si](C)(C)C(C)(C)C)C(C)C)=C(O)c1cc(Cc2cccc(Cl)c2F)c(OC)cc1OC.CCOC(=O)c1cn([C@H](CO[Si](C)(C)C(C)(C)C)C(C)C)c2cc(OC)c(Cc3cccc(Cl)c3F)cc2c1=O. The normalized spacial score (nSPS) is 13.4. The number of pyridine rings is 1. The van der Waals surface area contributed by atoms with E-state index in [-0.39, 0.29) is 92.5 Å². The lowest BCUT2D eigenvalue weighted by molar-refractivity contribution is -0.137. The molecule has 1 N–H and O–H groups in total. The predicted molar refractivity (Wildman–Crippen MR) is 332 cm³/mol. The zero-order valence-corrected chi connectivity index (χ0v) is 54.9. The Morgan fingerprint density at radius 1 is 0.683 bits per heavy atom. The Morgan fingerprint density at radius 2 is 1.17 bits per heavy atom. The van der Waals surface area contributed by atoms with Gasteiger partial charge in [-0.2, -0.15) is 0 Å². The molecule has 1 heterocycles. The van der Waals surface area contributed by atoms with Gasteiger partial charge >= 0.3 is 11.9 Å². The standard InChI is InChI=1S/C32H45ClFNO6Si.C31H41ClFNO5Si/c1-11-40-31(37)24(18-35-26(20(2)3)19-41-42(9,10)32(4,5)6)30(36)23-16-22(27(38-7)17-28(23)39-8)15-21-13-12-14-25(33)29(21)34;1-10-38-30(36)23-17-34(26(19(2)3)18-39-40(8,9)31(4,5)6)25-16-27(37-7)21(15-22(25)29(23)35)14-20-12-11-13-24(32)28(20)33/h12-14,16-18,20,26,36H,11,15,19H2,1-10H3;11-13,15-17,19,26H,10,14,18H2,1-9H3/t2*26-/m11/s1. The number of rotatable bonds is 23. The first-order valence-corrected chi connectivity index (χ1v) is 34.2. The van der Waals surface area contributed by atoms with Gasteiger partial charge in [-0.15, -0.1) is 0 Å². The van der Waals surface area contributed by atoms with E-state index in [0.717, 1.165) is 0 Å². The summed E-state index contributed by atoms with van der Waals surface area (Å²) in [5.74, 6) is -1.52. The molecular formula is C63H86Cl2F2N2O11Si2. The largest absolute Gasteiger partial charge is 0.506 e. The Bertz CT molecular complexity index is 3160. The first-order valence-electron chi connectivity index (χ1n) is 27.7. The second-order valence-electron chi connectivity index (χ2n) is 23.9. The van der Waals surface area contributed by atoms with E-state index in [1.807, 2.05) is 18.4 Å². The molecule has 19 heteroatoms. The average molecular weight is 1210 g/mol. The van der Waals surface area contributed by atoms with Crippen LogP contribution in [0.4, 0.5) is 8.78 Å². The molecule has 2 atom stereocenters. The second kappa shape index (κ2) is 29.3. The molecule has 4 aromatic carbocycles. The molecule has 0 aliphatic carbocycles. The second-order valence-corrected chi connectivity index (χ2v) is 34.3. The van der Waals surface area contributed by atoms with Gasteiger partial charge in [0.15, 0.2) is 16.6 Å². The maximum atomic E-state index is 14.8. The Kier molecular flexibility index (Phi) is 24.6. The Labute approximate surface area is 496 Å². The summed E-state index contributed by atoms with van der Waals surface area (Å²) in [6, 6.07) is 15.7. The third kappa shape index (κ3) is 17.0. The molecule has 1 aromatic heterocycles. The predicted octanol–water partition coefficient (Wildman–Crippen LogP) is 15.8. The number of aromatic nitrogens is 1. The van der Waals surface area contributed by atoms with E-state index in [2.05, 4.69) is 86.6 Å². The highest BCUT2D eigenvalue weighted by Crippen LogP contribution is 2.40. The van der Waals surface area contributed by atoms with Gasteiger partial charge in [0.05, 0.1) is 81.0 Å². The molecule has 0 aliphatic rings. The fraction of sp³-hybridized carbons (Fsp3) is 0.492. The van der Waals surface area contributed by atoms with Crippen LogP contribution in [0.5, 0.6) is 17.2 Å². The molecule has 0 saturated carbocycles. The van der Waals surface area contributed by atoms with Gasteiger partial charge in [0, 0.05) is 42.8 Å². The fourth-order valence-electron chi connectivity index (χ4n) is 8.20. The topological polar surface area (TPSA) is 153 Å². The van der Waals surface area contributed by atoms with Crippen molar-refractivity contribution >= 4 is 74.7 Å². The number of carbonyl (C=O) groups excluding carboxylic acids is 2. The van der Waals surface area contributed by atoms with Crippen molar-refractivity contribution in [3.8, 4) is 17.2 Å². The molecule has 0 bridgehead atoms. The minimum absolute atomic E-state index is 0.000921. The summed E-state index contributed by atoms with van der Waals surface area (Å²) >= 11 is 12.0. The average Bonchev–Trinajstić information content (AvgIpc) is 3.42. The lowest BCUT2D eigenvalue weighted by Gasteiger charge is -2.38. The number of hydrogen-bond acceptors (Lipinski definition) is 12. The van der Waals surface area contributed by atoms with E-state index < -0.39 is 51.4 Å². The zero-order valence-electron chi connectivity index (χ0n) is 51.4. The zero-order chi connectivity index (χ0) is 61.8. The third-order valence-corrected chi connectivity index (χ3v) is 25.1. The number of aliphatic hydroxyl groups excluding tert-OH is 1. The Morgan fingerprint density at radius 3 is 1.63 bits per heavy atom. The van der Waals surface area contributed by atoms with Crippen molar-refractivity contribution in [3.05, 3.63) is 138 Å². The van der Waals surface area contributed by atoms with Crippen LogP contribution in [0.1, 0.15) is 127 Å². The summed E-state index contributed by atoms with van der Waals surface area (Å²) < 4.78 is 71.8. The van der Waals surface area contributed by atoms with Crippen LogP contribution >= 0.6 is 23.2 Å². The van der Waals surface area contributed by atoms with Crippen LogP contribution < -0.4 is 19.6 Å². The molecule has 5 aromatic rings. The number of nitrogens with zero attached hydrogens (tertiary/aromatic N) is 2. The summed E-state index contributed by atoms with van der Waals surface area (Å²) in [7, 11) is 0.329. The molecule has 0 fully saturated rings. The minimum Gasteiger partial charge on any atom is -0.506 e. The van der Waals surface area contributed by atoms with E-state index in [1.165, 1.54) is 39.7 Å². The minimum atomic E-state index is -2.09. The maximum absolute atomic E-state index is 14.8. The van der Waals surface area contributed by atoms with Crippen molar-refractivity contribution < 1.29 is 56.0 Å². The number of halogens is 4. The van der Waals surface area contributed by atoms with E-state index >= 15 is 0 Å². The van der Waals surface area contributed by atoms with Crippen molar-refractivity contribution in [3.63, 3.8) is 0 Å². The number of hydrogen-bond donors (Lipinski definition) is 1. The summed E-state index contributed by atoms with van der Waals surface area (Å²) in [6.07, 6.45) is 3.19. The first-order chi connectivity index (χ1) is 38.2. The number of esters is 2. The van der Waals surface area contributed by atoms with Gasteiger partial charge in [0.2, 0.25) is 5.43 Å². The molecular weight excluding hydrogens is 1130 g/mol. The van der Waals surface area contributed by atoms with Crippen LogP contribution in [0.15, 0.2) is 82.2 Å². The lowest BCUT2D eigenvalue weighted by atomic mass is 9.98. The van der Waals surface area contributed by atoms with Gasteiger partial charge in [0.25, 0.3) is 0 Å². The van der Waals surface area contributed by atoms with Gasteiger partial charge in [-0.05, 0) is 108 Å². The fourth-order valence-corrected chi connectivity index (χ4v) is 10.6. The van der Waals surface area contributed by atoms with Crippen LogP contribution in [-0.2, 0) is 36.0 Å². The molecule has 13 nitrogen and oxygen atoms in total. The van der Waals surface area contributed by atoms with Crippen molar-refractivity contribution in [2.24, 2.45) is 16.8 Å². The monoisotopic (exact) mass is 1210 g/mol. The van der Waals surface area contributed by atoms with Gasteiger partial charge in [0.1, 0.15) is 45.8 Å². The number of methoxy groups -OCH3 is 3. The van der Waals surface area contributed by atoms with Crippen molar-refractivity contribution in [2.45, 2.75) is 144 Å². The molecule has 0 aliphatic heterocycles. The summed E-state index contributed by atoms with van der Waals surface area (Å²) in [5.41, 5.74) is 2.00. The number of ether oxygens (including phenoxy) is 5. The van der Waals surface area contributed by atoms with E-state index in [4.69, 9.17) is 55.7 Å². The van der Waals surface area contributed by atoms with Crippen LogP contribution in [0, 0.1) is 23.5 Å². The number of aliphatic imine (C=N–C) groups is 1. The lowest BCUT2D eigenvalue weighted by Crippen LogP contribution is -2.43. The van der Waals surface area contributed by atoms with Crippen LogP contribution in [-0.4, -0.2) is 98.3 Å². The molecule has 5 rings (SSSR count). The highest BCUT2D eigenvalue weighted by Gasteiger charge is 2.39. The van der Waals surface area contributed by atoms with Gasteiger partial charge in [-0.25, -0.2) is 18.4 Å². The smallest absolute Gasteiger partial charge is 0.343 e. The summed E-state index contributed by atoms with van der Waals surface area (Å²) in [5, 5.41) is 11.9. The molecule has 0 amide bonds. The molecule has 0 unspecified atom stereocenters. The van der Waals surface area contributed by atoms with Gasteiger partial charge in [-0.3, -0.25) is 9.79 Å². The first kappa shape index (κ1) is 68.9. The molecule has 0 radical (unpaired) electrons. The molecule has 0 saturated heterocycles. The van der Waals surface area contributed by atoms with E-state index in [0.29, 0.717) is 57.9 Å². The number of aliphatic hydroxyl groups is 1. The highest BCUT2D eigenvalue weighted by molar-refractivity contribution is 6.74. The molecule has 0 spiro atoms. The van der Waals surface area contributed by atoms with Crippen LogP contribution in [0.2, 0.25) is 46.3 Å². The van der Waals surface area contributed by atoms with Gasteiger partial charge in [-0.1, -0.05) is 117 Å². The highest BCUT2D eigenvalue weighted by atomic mass is 35.5. The van der Waals surface area contributed by atoms with Crippen LogP contribution in [0.3, 0.4) is 0 Å². The van der Waals surface area contributed by atoms with Crippen molar-refractivity contribution in [2.75, 3.05) is 47.8 Å².